The van der Waals surface area contributed by atoms with Crippen LogP contribution >= 0.6 is 46.4 Å². The van der Waals surface area contributed by atoms with Crippen molar-refractivity contribution in [2.45, 2.75) is 33.0 Å². The summed E-state index contributed by atoms with van der Waals surface area (Å²) in [7, 11) is 5.21. The van der Waals surface area contributed by atoms with Gasteiger partial charge >= 0.3 is 29.6 Å². The zero-order valence-electron chi connectivity index (χ0n) is 31.2. The number of hydrogen-bond donors (Lipinski definition) is 2. The first-order chi connectivity index (χ1) is 25.7. The van der Waals surface area contributed by atoms with Gasteiger partial charge in [0.15, 0.2) is 23.1 Å². The topological polar surface area (TPSA) is 164 Å². The molecule has 0 radical (unpaired) electrons. The zero-order valence-corrected chi connectivity index (χ0v) is 36.2. The maximum absolute atomic E-state index is 13.7. The van der Waals surface area contributed by atoms with Crippen LogP contribution in [-0.4, -0.2) is 43.2 Å². The summed E-state index contributed by atoms with van der Waals surface area (Å²) in [5.74, 6) is 1.24. The van der Waals surface area contributed by atoms with E-state index in [1.54, 1.807) is 73.3 Å². The summed E-state index contributed by atoms with van der Waals surface area (Å²) >= 11 is 24.9. The maximum atomic E-state index is 13.7. The SMILES string of the molecule is CC(Oc1cc(-c2cnn(C)c2)cnc1N)c1c(Cl)ccc(F)c1Cl.CC[O-].COc1ccc(Cl)c(C(C)Oc2cc(-c3cnn(C)c3)cnc2N)c1Cl.[Na+]. The molecule has 0 saturated heterocycles. The van der Waals surface area contributed by atoms with Crippen LogP contribution in [0.2, 0.25) is 20.1 Å². The molecule has 6 aromatic rings. The molecule has 4 aromatic heterocycles. The number of anilines is 2. The Morgan fingerprint density at radius 3 is 1.53 bits per heavy atom. The summed E-state index contributed by atoms with van der Waals surface area (Å²) < 4.78 is 34.3. The molecule has 2 atom stereocenters. The zero-order chi connectivity index (χ0) is 39.7. The van der Waals surface area contributed by atoms with Gasteiger partial charge in [-0.1, -0.05) is 53.3 Å². The first-order valence-corrected chi connectivity index (χ1v) is 17.8. The third-order valence-electron chi connectivity index (χ3n) is 7.65. The number of rotatable bonds is 9. The summed E-state index contributed by atoms with van der Waals surface area (Å²) in [6.07, 6.45) is 9.41. The van der Waals surface area contributed by atoms with Gasteiger partial charge in [0.05, 0.1) is 29.5 Å². The molecule has 2 unspecified atom stereocenters. The van der Waals surface area contributed by atoms with Crippen LogP contribution in [0.4, 0.5) is 16.0 Å². The Morgan fingerprint density at radius 2 is 1.13 bits per heavy atom. The number of nitrogens with zero attached hydrogens (tertiary/aromatic N) is 6. The molecule has 0 bridgehead atoms. The molecule has 4 heterocycles. The van der Waals surface area contributed by atoms with Gasteiger partial charge in [-0.25, -0.2) is 14.4 Å². The number of nitrogen functional groups attached to an aromatic ring is 2. The number of methoxy groups -OCH3 is 1. The van der Waals surface area contributed by atoms with Crippen LogP contribution in [0.5, 0.6) is 17.2 Å². The van der Waals surface area contributed by atoms with E-state index in [0.717, 1.165) is 22.3 Å². The number of aryl methyl sites for hydroxylation is 2. The van der Waals surface area contributed by atoms with Gasteiger partial charge in [0, 0.05) is 82.3 Å². The molecule has 0 fully saturated rings. The van der Waals surface area contributed by atoms with Crippen LogP contribution < -0.4 is 60.3 Å². The minimum Gasteiger partial charge on any atom is -0.855 e. The van der Waals surface area contributed by atoms with Gasteiger partial charge in [-0.3, -0.25) is 9.36 Å². The predicted molar refractivity (Wildman–Crippen MR) is 210 cm³/mol. The van der Waals surface area contributed by atoms with E-state index in [-0.39, 0.29) is 52.8 Å². The van der Waals surface area contributed by atoms with Gasteiger partial charge in [0.1, 0.15) is 23.8 Å². The largest absolute Gasteiger partial charge is 1.00 e. The van der Waals surface area contributed by atoms with Crippen molar-refractivity contribution in [1.29, 1.82) is 0 Å². The fourth-order valence-electron chi connectivity index (χ4n) is 5.05. The van der Waals surface area contributed by atoms with Crippen molar-refractivity contribution in [2.24, 2.45) is 14.1 Å². The second-order valence-electron chi connectivity index (χ2n) is 11.6. The number of ether oxygens (including phenoxy) is 3. The van der Waals surface area contributed by atoms with Crippen LogP contribution in [0.3, 0.4) is 0 Å². The van der Waals surface area contributed by atoms with Crippen molar-refractivity contribution < 1.29 is 53.3 Å². The van der Waals surface area contributed by atoms with Gasteiger partial charge in [-0.2, -0.15) is 10.2 Å². The molecular weight excluding hydrogens is 804 g/mol. The monoisotopic (exact) mass is 840 g/mol. The smallest absolute Gasteiger partial charge is 0.855 e. The van der Waals surface area contributed by atoms with E-state index in [4.69, 9.17) is 77.2 Å². The quantitative estimate of drug-likeness (QED) is 0.140. The Kier molecular flexibility index (Phi) is 17.4. The van der Waals surface area contributed by atoms with Gasteiger partial charge in [0.25, 0.3) is 0 Å². The molecular formula is C37H38Cl4FN8NaO4. The first kappa shape index (κ1) is 45.6. The Bertz CT molecular complexity index is 2210. The molecule has 0 saturated carbocycles. The van der Waals surface area contributed by atoms with Crippen LogP contribution in [0.1, 0.15) is 44.1 Å². The number of benzene rings is 2. The van der Waals surface area contributed by atoms with Crippen molar-refractivity contribution in [1.82, 2.24) is 29.5 Å². The molecule has 0 aliphatic carbocycles. The van der Waals surface area contributed by atoms with Gasteiger partial charge in [-0.05, 0) is 50.2 Å². The summed E-state index contributed by atoms with van der Waals surface area (Å²) in [6, 6.07) is 9.63. The minimum absolute atomic E-state index is 0. The fourth-order valence-corrected chi connectivity index (χ4v) is 6.48. The normalized spacial score (nSPS) is 11.6. The van der Waals surface area contributed by atoms with Crippen molar-refractivity contribution in [3.05, 3.63) is 111 Å². The summed E-state index contributed by atoms with van der Waals surface area (Å²) in [6.45, 7) is 5.12. The van der Waals surface area contributed by atoms with E-state index in [1.165, 1.54) is 12.1 Å². The molecule has 4 N–H and O–H groups in total. The molecule has 6 rings (SSSR count). The Morgan fingerprint density at radius 1 is 0.709 bits per heavy atom. The van der Waals surface area contributed by atoms with Crippen molar-refractivity contribution in [2.75, 3.05) is 25.2 Å². The molecule has 0 spiro atoms. The first-order valence-electron chi connectivity index (χ1n) is 16.2. The second-order valence-corrected chi connectivity index (χ2v) is 13.1. The Balaban J connectivity index is 0.000000271. The van der Waals surface area contributed by atoms with Crippen LogP contribution in [0, 0.1) is 5.82 Å². The number of pyridine rings is 2. The number of nitrogens with two attached hydrogens (primary N) is 2. The van der Waals surface area contributed by atoms with Crippen molar-refractivity contribution >= 4 is 58.0 Å². The van der Waals surface area contributed by atoms with Crippen molar-refractivity contribution in [3.8, 4) is 39.5 Å². The molecule has 55 heavy (non-hydrogen) atoms. The van der Waals surface area contributed by atoms with Gasteiger partial charge in [-0.15, -0.1) is 6.61 Å². The van der Waals surface area contributed by atoms with Crippen LogP contribution in [-0.2, 0) is 14.1 Å². The predicted octanol–water partition coefficient (Wildman–Crippen LogP) is 5.54. The molecule has 0 aliphatic heterocycles. The van der Waals surface area contributed by atoms with E-state index in [2.05, 4.69) is 20.2 Å². The molecule has 18 heteroatoms. The van der Waals surface area contributed by atoms with E-state index in [1.807, 2.05) is 39.5 Å². The molecule has 12 nitrogen and oxygen atoms in total. The molecule has 286 valence electrons. The molecule has 0 aliphatic rings. The average molecular weight is 843 g/mol. The summed E-state index contributed by atoms with van der Waals surface area (Å²) in [5, 5.41) is 18.4. The fraction of sp³-hybridized carbons (Fsp3) is 0.243. The average Bonchev–Trinajstić information content (AvgIpc) is 3.77. The van der Waals surface area contributed by atoms with E-state index < -0.39 is 18.0 Å². The molecule has 0 amide bonds. The maximum Gasteiger partial charge on any atom is 1.00 e. The standard InChI is InChI=1S/C18H18Cl2N4O2.C17H15Cl2FN4O.C2H5O.Na/c1-10(16-13(19)4-5-14(25-3)17(16)20)26-15-6-11(7-22-18(15)21)12-8-23-24(2)9-12;1-9(15-12(18)3-4-13(20)16(15)19)25-14-5-10(6-22-17(14)21)11-7-23-24(2)8-11;1-2-3;/h4-10H,1-3H3,(H2,21,22);3-9H,1-2H3,(H2,21,22);2H2,1H3;/q;;-1;+1. The third-order valence-corrected chi connectivity index (χ3v) is 9.08. The number of halogens is 5. The van der Waals surface area contributed by atoms with E-state index >= 15 is 0 Å². The Hall–Kier alpha value is -3.79. The van der Waals surface area contributed by atoms with Gasteiger partial charge < -0.3 is 30.8 Å². The summed E-state index contributed by atoms with van der Waals surface area (Å²) in [4.78, 5) is 8.36. The number of aromatic nitrogens is 6. The third kappa shape index (κ3) is 11.6. The number of hydrogen-bond acceptors (Lipinski definition) is 10. The Labute approximate surface area is 360 Å². The molecule has 2 aromatic carbocycles. The van der Waals surface area contributed by atoms with Crippen LogP contribution in [0.25, 0.3) is 22.3 Å². The second kappa shape index (κ2) is 20.9. The van der Waals surface area contributed by atoms with Gasteiger partial charge in [0.2, 0.25) is 0 Å². The van der Waals surface area contributed by atoms with Crippen LogP contribution in [0.15, 0.2) is 73.6 Å². The van der Waals surface area contributed by atoms with Crippen molar-refractivity contribution in [3.63, 3.8) is 0 Å². The van der Waals surface area contributed by atoms with E-state index in [0.29, 0.717) is 43.4 Å². The summed E-state index contributed by atoms with van der Waals surface area (Å²) in [5.41, 5.74) is 16.3. The minimum atomic E-state index is -0.621. The van der Waals surface area contributed by atoms with E-state index in [9.17, 15) is 4.39 Å².